The van der Waals surface area contributed by atoms with Crippen molar-refractivity contribution in [2.24, 2.45) is 0 Å². The van der Waals surface area contributed by atoms with E-state index in [-0.39, 0.29) is 24.6 Å². The highest BCUT2D eigenvalue weighted by Gasteiger charge is 2.10. The number of rotatable bonds is 9. The number of non-ortho nitro benzene ring substituents is 2. The van der Waals surface area contributed by atoms with Gasteiger partial charge < -0.3 is 9.47 Å². The van der Waals surface area contributed by atoms with Crippen molar-refractivity contribution in [2.75, 3.05) is 0 Å². The largest absolute Gasteiger partial charge is 0.485 e. The van der Waals surface area contributed by atoms with Crippen molar-refractivity contribution in [3.05, 3.63) is 104 Å². The molecule has 30 heavy (non-hydrogen) atoms. The lowest BCUT2D eigenvalue weighted by Gasteiger charge is -2.13. The average molecular weight is 408 g/mol. The molecule has 3 aromatic rings. The first-order valence-electron chi connectivity index (χ1n) is 8.78. The molecule has 0 unspecified atom stereocenters. The second kappa shape index (κ2) is 9.28. The van der Waals surface area contributed by atoms with Crippen molar-refractivity contribution in [3.63, 3.8) is 0 Å². The lowest BCUT2D eigenvalue weighted by Crippen LogP contribution is -2.01. The van der Waals surface area contributed by atoms with Crippen molar-refractivity contribution in [3.8, 4) is 11.5 Å². The zero-order valence-electron chi connectivity index (χ0n) is 15.6. The van der Waals surface area contributed by atoms with Gasteiger partial charge in [-0.3, -0.25) is 25.0 Å². The molecule has 9 heteroatoms. The highest BCUT2D eigenvalue weighted by atomic mass is 16.6. The quantitative estimate of drug-likeness (QED) is 0.291. The van der Waals surface area contributed by atoms with Crippen LogP contribution in [-0.4, -0.2) is 16.1 Å². The van der Waals surface area contributed by atoms with Crippen LogP contribution in [0.4, 0.5) is 11.4 Å². The second-order valence-corrected chi connectivity index (χ2v) is 6.25. The number of carbonyl (C=O) groups is 1. The number of benzene rings is 3. The summed E-state index contributed by atoms with van der Waals surface area (Å²) >= 11 is 0. The van der Waals surface area contributed by atoms with Gasteiger partial charge in [0.15, 0.2) is 11.5 Å². The molecule has 0 saturated carbocycles. The molecule has 0 aliphatic carbocycles. The highest BCUT2D eigenvalue weighted by Crippen LogP contribution is 2.30. The number of nitro benzene ring substituents is 2. The summed E-state index contributed by atoms with van der Waals surface area (Å²) in [5, 5.41) is 21.5. The lowest BCUT2D eigenvalue weighted by atomic mass is 10.2. The van der Waals surface area contributed by atoms with Crippen molar-refractivity contribution in [2.45, 2.75) is 13.2 Å². The molecule has 0 spiro atoms. The van der Waals surface area contributed by atoms with Gasteiger partial charge >= 0.3 is 0 Å². The molecule has 0 aliphatic heterocycles. The van der Waals surface area contributed by atoms with Crippen LogP contribution in [0.2, 0.25) is 0 Å². The fraction of sp³-hybridized carbons (Fsp3) is 0.0952. The summed E-state index contributed by atoms with van der Waals surface area (Å²) in [5.74, 6) is 0.723. The monoisotopic (exact) mass is 408 g/mol. The van der Waals surface area contributed by atoms with Crippen molar-refractivity contribution in [1.82, 2.24) is 0 Å². The number of aldehydes is 1. The van der Waals surface area contributed by atoms with Crippen LogP contribution in [0.15, 0.2) is 66.7 Å². The summed E-state index contributed by atoms with van der Waals surface area (Å²) in [6.07, 6.45) is 0.679. The summed E-state index contributed by atoms with van der Waals surface area (Å²) in [6, 6.07) is 16.6. The van der Waals surface area contributed by atoms with Crippen LogP contribution in [0.5, 0.6) is 11.5 Å². The summed E-state index contributed by atoms with van der Waals surface area (Å²) in [6.45, 7) is 0.264. The maximum Gasteiger partial charge on any atom is 0.269 e. The Bertz CT molecular complexity index is 1060. The van der Waals surface area contributed by atoms with Gasteiger partial charge in [-0.15, -0.1) is 0 Å². The van der Waals surface area contributed by atoms with Crippen LogP contribution in [0.3, 0.4) is 0 Å². The zero-order chi connectivity index (χ0) is 21.5. The van der Waals surface area contributed by atoms with Gasteiger partial charge in [0.05, 0.1) is 9.85 Å². The van der Waals surface area contributed by atoms with Crippen LogP contribution in [0.25, 0.3) is 0 Å². The third-order valence-corrected chi connectivity index (χ3v) is 4.19. The molecule has 0 aromatic heterocycles. The van der Waals surface area contributed by atoms with Gasteiger partial charge in [-0.1, -0.05) is 0 Å². The van der Waals surface area contributed by atoms with Gasteiger partial charge in [-0.05, 0) is 53.6 Å². The minimum atomic E-state index is -0.484. The first-order valence-corrected chi connectivity index (χ1v) is 8.78. The normalized spacial score (nSPS) is 10.3. The Labute approximate surface area is 170 Å². The molecule has 0 bridgehead atoms. The molecule has 0 saturated heterocycles. The molecule has 0 atom stereocenters. The molecule has 9 nitrogen and oxygen atoms in total. The highest BCUT2D eigenvalue weighted by molar-refractivity contribution is 5.76. The third-order valence-electron chi connectivity index (χ3n) is 4.19. The van der Waals surface area contributed by atoms with Crippen LogP contribution < -0.4 is 9.47 Å². The van der Waals surface area contributed by atoms with Crippen molar-refractivity contribution >= 4 is 17.7 Å². The summed E-state index contributed by atoms with van der Waals surface area (Å²) in [7, 11) is 0. The van der Waals surface area contributed by atoms with Gasteiger partial charge in [-0.2, -0.15) is 0 Å². The van der Waals surface area contributed by atoms with Crippen LogP contribution in [-0.2, 0) is 13.2 Å². The fourth-order valence-corrected chi connectivity index (χ4v) is 2.58. The van der Waals surface area contributed by atoms with Crippen molar-refractivity contribution in [1.29, 1.82) is 0 Å². The SMILES string of the molecule is O=Cc1ccc(OCc2ccc([N+](=O)[O-])cc2)c(OCc2ccc([N+](=O)[O-])cc2)c1. The Balaban J connectivity index is 1.71. The van der Waals surface area contributed by atoms with E-state index in [0.29, 0.717) is 28.9 Å². The van der Waals surface area contributed by atoms with Gasteiger partial charge in [0, 0.05) is 29.8 Å². The van der Waals surface area contributed by atoms with Gasteiger partial charge in [0.25, 0.3) is 11.4 Å². The van der Waals surface area contributed by atoms with E-state index in [9.17, 15) is 25.0 Å². The van der Waals surface area contributed by atoms with Gasteiger partial charge in [0.2, 0.25) is 0 Å². The number of hydrogen-bond acceptors (Lipinski definition) is 7. The first-order chi connectivity index (χ1) is 14.5. The minimum absolute atomic E-state index is 0.0128. The number of hydrogen-bond donors (Lipinski definition) is 0. The summed E-state index contributed by atoms with van der Waals surface area (Å²) in [4.78, 5) is 31.6. The minimum Gasteiger partial charge on any atom is -0.485 e. The van der Waals surface area contributed by atoms with Crippen LogP contribution in [0.1, 0.15) is 21.5 Å². The Morgan fingerprint density at radius 3 is 1.60 bits per heavy atom. The van der Waals surface area contributed by atoms with Crippen LogP contribution in [0, 0.1) is 20.2 Å². The van der Waals surface area contributed by atoms with E-state index in [1.807, 2.05) is 0 Å². The smallest absolute Gasteiger partial charge is 0.269 e. The molecule has 3 aromatic carbocycles. The third kappa shape index (κ3) is 5.16. The van der Waals surface area contributed by atoms with E-state index < -0.39 is 9.85 Å². The fourth-order valence-electron chi connectivity index (χ4n) is 2.58. The Hall–Kier alpha value is -4.27. The topological polar surface area (TPSA) is 122 Å². The van der Waals surface area contributed by atoms with Crippen LogP contribution >= 0.6 is 0 Å². The molecular weight excluding hydrogens is 392 g/mol. The molecule has 3 rings (SSSR count). The Morgan fingerprint density at radius 2 is 1.17 bits per heavy atom. The summed E-state index contributed by atoms with van der Waals surface area (Å²) < 4.78 is 11.5. The standard InChI is InChI=1S/C21H16N2O7/c24-12-17-5-10-20(29-13-15-1-6-18(7-2-15)22(25)26)21(11-17)30-14-16-3-8-19(9-4-16)23(27)28/h1-12H,13-14H2. The summed E-state index contributed by atoms with van der Waals surface area (Å²) in [5.41, 5.74) is 1.80. The molecule has 0 heterocycles. The molecule has 0 fully saturated rings. The maximum absolute atomic E-state index is 11.1. The van der Waals surface area contributed by atoms with E-state index in [1.54, 1.807) is 36.4 Å². The Kier molecular flexibility index (Phi) is 6.33. The molecule has 0 amide bonds. The predicted molar refractivity (Wildman–Crippen MR) is 107 cm³/mol. The average Bonchev–Trinajstić information content (AvgIpc) is 2.77. The number of nitrogens with zero attached hydrogens (tertiary/aromatic N) is 2. The first kappa shape index (κ1) is 20.5. The molecule has 0 aliphatic rings. The molecule has 152 valence electrons. The molecular formula is C21H16N2O7. The lowest BCUT2D eigenvalue weighted by molar-refractivity contribution is -0.385. The number of nitro groups is 2. The van der Waals surface area contributed by atoms with E-state index in [4.69, 9.17) is 9.47 Å². The van der Waals surface area contributed by atoms with Gasteiger partial charge in [0.1, 0.15) is 19.5 Å². The Morgan fingerprint density at radius 1 is 0.700 bits per heavy atom. The number of carbonyl (C=O) groups excluding carboxylic acids is 1. The maximum atomic E-state index is 11.1. The van der Waals surface area contributed by atoms with E-state index in [2.05, 4.69) is 0 Å². The molecule has 0 radical (unpaired) electrons. The second-order valence-electron chi connectivity index (χ2n) is 6.25. The van der Waals surface area contributed by atoms with E-state index in [1.165, 1.54) is 30.3 Å². The van der Waals surface area contributed by atoms with E-state index >= 15 is 0 Å². The van der Waals surface area contributed by atoms with Gasteiger partial charge in [-0.25, -0.2) is 0 Å². The predicted octanol–water partition coefficient (Wildman–Crippen LogP) is 4.47. The molecule has 0 N–H and O–H groups in total. The zero-order valence-corrected chi connectivity index (χ0v) is 15.6. The number of ether oxygens (including phenoxy) is 2. The van der Waals surface area contributed by atoms with Crippen molar-refractivity contribution < 1.29 is 24.1 Å². The van der Waals surface area contributed by atoms with E-state index in [0.717, 1.165) is 5.56 Å².